The van der Waals surface area contributed by atoms with E-state index in [9.17, 15) is 26.7 Å². The Balaban J connectivity index is 3.95. The van der Waals surface area contributed by atoms with Crippen LogP contribution in [0.25, 0.3) is 0 Å². The number of hydrogen-bond acceptors (Lipinski definition) is 5. The van der Waals surface area contributed by atoms with Crippen LogP contribution in [0, 0.1) is 5.92 Å². The molecule has 0 fully saturated rings. The Bertz CT molecular complexity index is 790. The van der Waals surface area contributed by atoms with Crippen LogP contribution in [0.4, 0.5) is 0 Å². The molecule has 6 nitrogen and oxygen atoms in total. The number of rotatable bonds is 35. The molecule has 0 aromatic carbocycles. The van der Waals surface area contributed by atoms with Crippen LogP contribution in [-0.4, -0.2) is 50.9 Å². The number of aliphatic carboxylic acids is 1. The van der Waals surface area contributed by atoms with Gasteiger partial charge in [-0.05, 0) is 12.8 Å². The monoisotopic (exact) mass is 664 g/mol. The Morgan fingerprint density at radius 3 is 0.818 bits per heavy atom. The fraction of sp³-hybridized carbons (Fsp3) is 0.972. The first-order valence-electron chi connectivity index (χ1n) is 18.8. The molecule has 0 aromatic rings. The molecule has 0 radical (unpaired) electrons. The second-order valence-corrected chi connectivity index (χ2v) is 17.9. The maximum Gasteiger partial charge on any atom is 0.308 e. The summed E-state index contributed by atoms with van der Waals surface area (Å²) in [4.78, 5) is 11.7. The molecule has 0 saturated carbocycles. The van der Waals surface area contributed by atoms with E-state index in [1.54, 1.807) is 0 Å². The molecule has 0 heterocycles. The van der Waals surface area contributed by atoms with Crippen molar-refractivity contribution in [2.45, 2.75) is 194 Å². The number of hydrogen-bond donors (Lipinski definition) is 1. The molecule has 0 bridgehead atoms. The van der Waals surface area contributed by atoms with Gasteiger partial charge in [0.15, 0.2) is 19.7 Å². The fourth-order valence-corrected chi connectivity index (χ4v) is 9.52. The Morgan fingerprint density at radius 1 is 0.409 bits per heavy atom. The summed E-state index contributed by atoms with van der Waals surface area (Å²) < 4.78 is 50.4. The molecule has 0 spiro atoms. The highest BCUT2D eigenvalue weighted by Crippen LogP contribution is 2.16. The lowest BCUT2D eigenvalue weighted by Gasteiger charge is -2.13. The van der Waals surface area contributed by atoms with Crippen molar-refractivity contribution >= 4 is 25.6 Å². The molecule has 0 saturated heterocycles. The zero-order chi connectivity index (χ0) is 32.8. The van der Waals surface area contributed by atoms with Crippen LogP contribution in [0.1, 0.15) is 194 Å². The van der Waals surface area contributed by atoms with Crippen molar-refractivity contribution in [2.75, 3.05) is 23.0 Å². The zero-order valence-corrected chi connectivity index (χ0v) is 30.6. The predicted octanol–water partition coefficient (Wildman–Crippen LogP) is 10.5. The van der Waals surface area contributed by atoms with Crippen LogP contribution in [0.2, 0.25) is 0 Å². The SMILES string of the molecule is CCCCCCCCCCCCCCCCS(=O)(=O)CC(CS(=O)(=O)CCCCCCCCCCCCCCCC)C(=O)O. The third-order valence-electron chi connectivity index (χ3n) is 8.88. The van der Waals surface area contributed by atoms with Crippen molar-refractivity contribution in [1.82, 2.24) is 0 Å². The number of unbranched alkanes of at least 4 members (excludes halogenated alkanes) is 26. The molecule has 44 heavy (non-hydrogen) atoms. The Hall–Kier alpha value is -0.630. The lowest BCUT2D eigenvalue weighted by atomic mass is 10.0. The summed E-state index contributed by atoms with van der Waals surface area (Å²) in [5.74, 6) is -4.01. The van der Waals surface area contributed by atoms with Gasteiger partial charge in [-0.3, -0.25) is 4.79 Å². The van der Waals surface area contributed by atoms with Gasteiger partial charge in [0.1, 0.15) is 0 Å². The first kappa shape index (κ1) is 43.4. The van der Waals surface area contributed by atoms with Gasteiger partial charge in [-0.25, -0.2) is 16.8 Å². The van der Waals surface area contributed by atoms with E-state index >= 15 is 0 Å². The third kappa shape index (κ3) is 30.0. The molecule has 1 N–H and O–H groups in total. The summed E-state index contributed by atoms with van der Waals surface area (Å²) in [5.41, 5.74) is 0. The van der Waals surface area contributed by atoms with Crippen molar-refractivity contribution in [3.8, 4) is 0 Å². The van der Waals surface area contributed by atoms with Gasteiger partial charge in [-0.1, -0.05) is 181 Å². The average Bonchev–Trinajstić information content (AvgIpc) is 2.96. The zero-order valence-electron chi connectivity index (χ0n) is 29.0. The molecule has 0 aromatic heterocycles. The second kappa shape index (κ2) is 29.8. The molecule has 0 unspecified atom stereocenters. The molecule has 0 rings (SSSR count). The van der Waals surface area contributed by atoms with Gasteiger partial charge in [0.05, 0.1) is 28.9 Å². The number of carbonyl (C=O) groups is 1. The van der Waals surface area contributed by atoms with Gasteiger partial charge < -0.3 is 5.11 Å². The smallest absolute Gasteiger partial charge is 0.308 e. The van der Waals surface area contributed by atoms with E-state index in [0.29, 0.717) is 12.8 Å². The minimum atomic E-state index is -3.61. The van der Waals surface area contributed by atoms with Crippen LogP contribution in [-0.2, 0) is 24.5 Å². The summed E-state index contributed by atoms with van der Waals surface area (Å²) in [6.45, 7) is 4.48. The Morgan fingerprint density at radius 2 is 0.614 bits per heavy atom. The summed E-state index contributed by atoms with van der Waals surface area (Å²) >= 11 is 0. The van der Waals surface area contributed by atoms with Gasteiger partial charge in [0, 0.05) is 0 Å². The highest BCUT2D eigenvalue weighted by Gasteiger charge is 2.30. The summed E-state index contributed by atoms with van der Waals surface area (Å²) in [7, 11) is -7.22. The van der Waals surface area contributed by atoms with Crippen molar-refractivity contribution in [3.05, 3.63) is 0 Å². The highest BCUT2D eigenvalue weighted by atomic mass is 32.2. The summed E-state index contributed by atoms with van der Waals surface area (Å²) in [6.07, 6.45) is 32.9. The molecule has 264 valence electrons. The maximum absolute atomic E-state index is 12.6. The molecular formula is C36H72O6S2. The van der Waals surface area contributed by atoms with Gasteiger partial charge in [0.25, 0.3) is 0 Å². The predicted molar refractivity (Wildman–Crippen MR) is 189 cm³/mol. The van der Waals surface area contributed by atoms with E-state index in [2.05, 4.69) is 13.8 Å². The van der Waals surface area contributed by atoms with Crippen molar-refractivity contribution in [1.29, 1.82) is 0 Å². The summed E-state index contributed by atoms with van der Waals surface area (Å²) in [6, 6.07) is 0. The van der Waals surface area contributed by atoms with Gasteiger partial charge in [-0.2, -0.15) is 0 Å². The molecule has 0 amide bonds. The minimum Gasteiger partial charge on any atom is -0.481 e. The van der Waals surface area contributed by atoms with Gasteiger partial charge >= 0.3 is 5.97 Å². The van der Waals surface area contributed by atoms with Crippen LogP contribution in [0.5, 0.6) is 0 Å². The van der Waals surface area contributed by atoms with Gasteiger partial charge in [0.2, 0.25) is 0 Å². The van der Waals surface area contributed by atoms with E-state index in [1.165, 1.54) is 128 Å². The van der Waals surface area contributed by atoms with Crippen LogP contribution in [0.15, 0.2) is 0 Å². The molecular weight excluding hydrogens is 593 g/mol. The molecule has 0 atom stereocenters. The van der Waals surface area contributed by atoms with Crippen molar-refractivity contribution in [3.63, 3.8) is 0 Å². The Kier molecular flexibility index (Phi) is 29.3. The Labute approximate surface area is 274 Å². The van der Waals surface area contributed by atoms with Crippen molar-refractivity contribution < 1.29 is 26.7 Å². The molecule has 0 aliphatic heterocycles. The second-order valence-electron chi connectivity index (χ2n) is 13.5. The van der Waals surface area contributed by atoms with E-state index in [1.807, 2.05) is 0 Å². The normalized spacial score (nSPS) is 12.3. The van der Waals surface area contributed by atoms with Crippen LogP contribution in [0.3, 0.4) is 0 Å². The standard InChI is InChI=1S/C36H72O6S2/c1-3-5-7-9-11-13-15-17-19-21-23-25-27-29-31-43(39,40)33-35(36(37)38)34-44(41,42)32-30-28-26-24-22-20-18-16-14-12-10-8-6-4-2/h35H,3-34H2,1-2H3,(H,37,38). The summed E-state index contributed by atoms with van der Waals surface area (Å²) in [5, 5.41) is 9.56. The van der Waals surface area contributed by atoms with E-state index in [4.69, 9.17) is 0 Å². The number of sulfone groups is 2. The topological polar surface area (TPSA) is 106 Å². The molecule has 0 aliphatic rings. The van der Waals surface area contributed by atoms with E-state index < -0.39 is 43.1 Å². The molecule has 0 aliphatic carbocycles. The van der Waals surface area contributed by atoms with Crippen LogP contribution >= 0.6 is 0 Å². The van der Waals surface area contributed by atoms with E-state index in [0.717, 1.165) is 38.5 Å². The number of carboxylic acids is 1. The lowest BCUT2D eigenvalue weighted by molar-refractivity contribution is -0.140. The van der Waals surface area contributed by atoms with Crippen molar-refractivity contribution in [2.24, 2.45) is 5.92 Å². The number of carboxylic acid groups (broad SMARTS) is 1. The highest BCUT2D eigenvalue weighted by molar-refractivity contribution is 7.92. The molecule has 8 heteroatoms. The lowest BCUT2D eigenvalue weighted by Crippen LogP contribution is -2.32. The minimum absolute atomic E-state index is 0.0617. The maximum atomic E-state index is 12.6. The van der Waals surface area contributed by atoms with Crippen LogP contribution < -0.4 is 0 Å². The first-order chi connectivity index (χ1) is 21.1. The largest absolute Gasteiger partial charge is 0.481 e. The fourth-order valence-electron chi connectivity index (χ4n) is 6.00. The van der Waals surface area contributed by atoms with E-state index in [-0.39, 0.29) is 11.5 Å². The third-order valence-corrected chi connectivity index (χ3v) is 12.5. The quantitative estimate of drug-likeness (QED) is 0.0676. The first-order valence-corrected chi connectivity index (χ1v) is 22.4. The average molecular weight is 665 g/mol. The van der Waals surface area contributed by atoms with Gasteiger partial charge in [-0.15, -0.1) is 0 Å².